The van der Waals surface area contributed by atoms with Crippen LogP contribution in [0.2, 0.25) is 0 Å². The molecule has 0 radical (unpaired) electrons. The van der Waals surface area contributed by atoms with Crippen LogP contribution in [0.15, 0.2) is 30.3 Å². The van der Waals surface area contributed by atoms with Crippen molar-refractivity contribution in [2.45, 2.75) is 39.6 Å². The second-order valence-electron chi connectivity index (χ2n) is 4.29. The number of hydrogen-bond acceptors (Lipinski definition) is 6. The van der Waals surface area contributed by atoms with Gasteiger partial charge in [-0.15, -0.1) is 0 Å². The average molecular weight is 314 g/mol. The van der Waals surface area contributed by atoms with Crippen molar-refractivity contribution in [3.63, 3.8) is 0 Å². The van der Waals surface area contributed by atoms with E-state index in [4.69, 9.17) is 23.7 Å². The molecule has 1 rings (SSSR count). The first-order valence-corrected chi connectivity index (χ1v) is 7.59. The summed E-state index contributed by atoms with van der Waals surface area (Å²) < 4.78 is 27.8. The number of ether oxygens (including phenoxy) is 5. The number of para-hydroxylation sites is 1. The number of aliphatic hydroxyl groups is 1. The minimum absolute atomic E-state index is 0.191. The highest BCUT2D eigenvalue weighted by Crippen LogP contribution is 2.33. The van der Waals surface area contributed by atoms with Crippen LogP contribution in [0.5, 0.6) is 5.75 Å². The molecular weight excluding hydrogens is 288 g/mol. The van der Waals surface area contributed by atoms with Gasteiger partial charge in [-0.3, -0.25) is 0 Å². The minimum Gasteiger partial charge on any atom is -0.433 e. The largest absolute Gasteiger partial charge is 0.433 e. The fourth-order valence-corrected chi connectivity index (χ4v) is 1.98. The van der Waals surface area contributed by atoms with Crippen LogP contribution in [-0.4, -0.2) is 43.5 Å². The fourth-order valence-electron chi connectivity index (χ4n) is 1.98. The van der Waals surface area contributed by atoms with Gasteiger partial charge in [-0.25, -0.2) is 0 Å². The normalized spacial score (nSPS) is 12.4. The zero-order valence-corrected chi connectivity index (χ0v) is 13.7. The van der Waals surface area contributed by atoms with Gasteiger partial charge in [0, 0.05) is 13.2 Å². The molecule has 0 heterocycles. The first kappa shape index (κ1) is 18.9. The van der Waals surface area contributed by atoms with Gasteiger partial charge in [0.2, 0.25) is 0 Å². The van der Waals surface area contributed by atoms with Crippen molar-refractivity contribution in [2.75, 3.05) is 26.4 Å². The highest BCUT2D eigenvalue weighted by Gasteiger charge is 2.60. The quantitative estimate of drug-likeness (QED) is 0.633. The lowest BCUT2D eigenvalue weighted by atomic mass is 10.3. The predicted octanol–water partition coefficient (Wildman–Crippen LogP) is 2.51. The van der Waals surface area contributed by atoms with Gasteiger partial charge in [-0.1, -0.05) is 18.2 Å². The van der Waals surface area contributed by atoms with Gasteiger partial charge in [0.25, 0.3) is 0 Å². The zero-order valence-electron chi connectivity index (χ0n) is 13.7. The van der Waals surface area contributed by atoms with Gasteiger partial charge < -0.3 is 28.8 Å². The van der Waals surface area contributed by atoms with Crippen molar-refractivity contribution in [1.29, 1.82) is 0 Å². The van der Waals surface area contributed by atoms with Gasteiger partial charge in [-0.2, -0.15) is 0 Å². The SMILES string of the molecule is CCOC(O)(OCC)C(OCC)(OCC)Oc1ccccc1. The Labute approximate surface area is 131 Å². The monoisotopic (exact) mass is 314 g/mol. The first-order valence-electron chi connectivity index (χ1n) is 7.59. The van der Waals surface area contributed by atoms with Crippen molar-refractivity contribution in [3.05, 3.63) is 30.3 Å². The highest BCUT2D eigenvalue weighted by atomic mass is 17.0. The summed E-state index contributed by atoms with van der Waals surface area (Å²) in [5.41, 5.74) is 0. The summed E-state index contributed by atoms with van der Waals surface area (Å²) in [7, 11) is 0. The molecule has 0 saturated carbocycles. The molecule has 0 bridgehead atoms. The molecule has 6 nitrogen and oxygen atoms in total. The Hall–Kier alpha value is -1.18. The Kier molecular flexibility index (Phi) is 7.78. The van der Waals surface area contributed by atoms with Crippen LogP contribution in [0.3, 0.4) is 0 Å². The number of rotatable bonds is 11. The van der Waals surface area contributed by atoms with Gasteiger partial charge in [0.1, 0.15) is 5.75 Å². The molecule has 22 heavy (non-hydrogen) atoms. The van der Waals surface area contributed by atoms with E-state index in [-0.39, 0.29) is 26.4 Å². The van der Waals surface area contributed by atoms with Crippen molar-refractivity contribution in [3.8, 4) is 5.75 Å². The molecule has 0 aliphatic heterocycles. The maximum absolute atomic E-state index is 10.8. The summed E-state index contributed by atoms with van der Waals surface area (Å²) in [6, 6.07) is 8.92. The van der Waals surface area contributed by atoms with E-state index >= 15 is 0 Å². The Morgan fingerprint density at radius 2 is 1.23 bits per heavy atom. The number of hydrogen-bond donors (Lipinski definition) is 1. The summed E-state index contributed by atoms with van der Waals surface area (Å²) in [5.74, 6) is -3.66. The molecule has 0 amide bonds. The third-order valence-electron chi connectivity index (χ3n) is 2.73. The molecule has 0 aliphatic rings. The van der Waals surface area contributed by atoms with Crippen LogP contribution in [0, 0.1) is 0 Å². The van der Waals surface area contributed by atoms with E-state index in [1.165, 1.54) is 0 Å². The second-order valence-corrected chi connectivity index (χ2v) is 4.29. The van der Waals surface area contributed by atoms with E-state index in [0.717, 1.165) is 0 Å². The lowest BCUT2D eigenvalue weighted by Crippen LogP contribution is -2.64. The Balaban J connectivity index is 3.21. The molecule has 6 heteroatoms. The van der Waals surface area contributed by atoms with Crippen LogP contribution >= 0.6 is 0 Å². The Bertz CT molecular complexity index is 396. The molecule has 1 aromatic carbocycles. The molecule has 126 valence electrons. The lowest BCUT2D eigenvalue weighted by Gasteiger charge is -2.42. The molecule has 0 aliphatic carbocycles. The van der Waals surface area contributed by atoms with Crippen LogP contribution in [0.1, 0.15) is 27.7 Å². The summed E-state index contributed by atoms with van der Waals surface area (Å²) >= 11 is 0. The second kappa shape index (κ2) is 9.07. The molecule has 0 atom stereocenters. The van der Waals surface area contributed by atoms with Crippen molar-refractivity contribution in [1.82, 2.24) is 0 Å². The van der Waals surface area contributed by atoms with E-state index < -0.39 is 11.9 Å². The van der Waals surface area contributed by atoms with Gasteiger partial charge in [0.15, 0.2) is 0 Å². The molecule has 0 fully saturated rings. The van der Waals surface area contributed by atoms with E-state index in [1.807, 2.05) is 6.07 Å². The molecule has 0 spiro atoms. The third kappa shape index (κ3) is 4.41. The Morgan fingerprint density at radius 1 is 0.773 bits per heavy atom. The average Bonchev–Trinajstić information content (AvgIpc) is 2.49. The third-order valence-corrected chi connectivity index (χ3v) is 2.73. The first-order chi connectivity index (χ1) is 10.6. The molecule has 0 unspecified atom stereocenters. The number of benzene rings is 1. The van der Waals surface area contributed by atoms with Gasteiger partial charge in [0.05, 0.1) is 13.2 Å². The smallest absolute Gasteiger partial charge is 0.414 e. The molecule has 1 aromatic rings. The molecular formula is C16H26O6. The van der Waals surface area contributed by atoms with Crippen LogP contribution in [0.25, 0.3) is 0 Å². The maximum atomic E-state index is 10.8. The van der Waals surface area contributed by atoms with Crippen LogP contribution < -0.4 is 4.74 Å². The fraction of sp³-hybridized carbons (Fsp3) is 0.625. The maximum Gasteiger partial charge on any atom is 0.414 e. The summed E-state index contributed by atoms with van der Waals surface area (Å²) in [4.78, 5) is 0. The van der Waals surface area contributed by atoms with Gasteiger partial charge in [-0.05, 0) is 39.8 Å². The lowest BCUT2D eigenvalue weighted by molar-refractivity contribution is -0.535. The van der Waals surface area contributed by atoms with Crippen molar-refractivity contribution >= 4 is 0 Å². The summed E-state index contributed by atoms with van der Waals surface area (Å²) in [6.45, 7) is 7.84. The summed E-state index contributed by atoms with van der Waals surface area (Å²) in [5, 5.41) is 10.8. The van der Waals surface area contributed by atoms with Gasteiger partial charge >= 0.3 is 11.9 Å². The van der Waals surface area contributed by atoms with Crippen molar-refractivity contribution < 1.29 is 28.8 Å². The minimum atomic E-state index is -2.20. The van der Waals surface area contributed by atoms with Crippen LogP contribution in [-0.2, 0) is 18.9 Å². The van der Waals surface area contributed by atoms with E-state index in [1.54, 1.807) is 52.0 Å². The predicted molar refractivity (Wildman–Crippen MR) is 81.3 cm³/mol. The topological polar surface area (TPSA) is 66.4 Å². The zero-order chi connectivity index (χ0) is 16.5. The van der Waals surface area contributed by atoms with E-state index in [9.17, 15) is 5.11 Å². The standard InChI is InChI=1S/C16H26O6/c1-5-18-15(17,19-6-2)16(20-7-3,21-8-4)22-14-12-10-9-11-13-14/h9-13,17H,5-8H2,1-4H3. The van der Waals surface area contributed by atoms with E-state index in [0.29, 0.717) is 5.75 Å². The van der Waals surface area contributed by atoms with Crippen LogP contribution in [0.4, 0.5) is 0 Å². The summed E-state index contributed by atoms with van der Waals surface area (Å²) in [6.07, 6.45) is 0. The molecule has 0 aromatic heterocycles. The van der Waals surface area contributed by atoms with E-state index in [2.05, 4.69) is 0 Å². The Morgan fingerprint density at radius 3 is 1.64 bits per heavy atom. The molecule has 0 saturated heterocycles. The van der Waals surface area contributed by atoms with Crippen molar-refractivity contribution in [2.24, 2.45) is 0 Å². The molecule has 1 N–H and O–H groups in total. The highest BCUT2D eigenvalue weighted by molar-refractivity contribution is 5.21.